The molecule has 1 fully saturated rings. The molecule has 0 bridgehead atoms. The summed E-state index contributed by atoms with van der Waals surface area (Å²) in [6.45, 7) is 0.369. The standard InChI is InChI=1S/C5H7NO3.K.H/c7-4-2-1-3-6(4)5(8)9;;/h1-3H2,(H,8,9);;/q;+1;-1. The van der Waals surface area contributed by atoms with Crippen molar-refractivity contribution in [2.24, 2.45) is 0 Å². The molecule has 0 radical (unpaired) electrons. The van der Waals surface area contributed by atoms with E-state index < -0.39 is 6.09 Å². The molecule has 4 nitrogen and oxygen atoms in total. The first-order valence-corrected chi connectivity index (χ1v) is 2.75. The summed E-state index contributed by atoms with van der Waals surface area (Å²) < 4.78 is 0. The maximum atomic E-state index is 10.6. The second-order valence-corrected chi connectivity index (χ2v) is 1.93. The molecule has 0 spiro atoms. The Morgan fingerprint density at radius 2 is 2.30 bits per heavy atom. The molecule has 0 aliphatic carbocycles. The van der Waals surface area contributed by atoms with E-state index in [1.807, 2.05) is 0 Å². The predicted molar refractivity (Wildman–Crippen MR) is 30.1 cm³/mol. The summed E-state index contributed by atoms with van der Waals surface area (Å²) in [5, 5.41) is 8.29. The van der Waals surface area contributed by atoms with E-state index in [1.54, 1.807) is 0 Å². The van der Waals surface area contributed by atoms with Gasteiger partial charge in [-0.15, -0.1) is 0 Å². The van der Waals surface area contributed by atoms with Gasteiger partial charge in [-0.3, -0.25) is 4.79 Å². The summed E-state index contributed by atoms with van der Waals surface area (Å²) in [6, 6.07) is 0. The average Bonchev–Trinajstić information content (AvgIpc) is 2.13. The van der Waals surface area contributed by atoms with Gasteiger partial charge in [0.05, 0.1) is 0 Å². The van der Waals surface area contributed by atoms with Gasteiger partial charge in [0.2, 0.25) is 5.91 Å². The van der Waals surface area contributed by atoms with E-state index in [0.717, 1.165) is 4.90 Å². The van der Waals surface area contributed by atoms with Crippen LogP contribution in [0.5, 0.6) is 0 Å². The van der Waals surface area contributed by atoms with Gasteiger partial charge >= 0.3 is 57.5 Å². The first kappa shape index (κ1) is 10.6. The Bertz CT molecular complexity index is 164. The molecule has 0 saturated carbocycles. The smallest absolute Gasteiger partial charge is 1.00 e. The number of carboxylic acid groups (broad SMARTS) is 1. The van der Waals surface area contributed by atoms with Gasteiger partial charge in [0.15, 0.2) is 0 Å². The molecule has 1 saturated heterocycles. The molecule has 1 rings (SSSR count). The van der Waals surface area contributed by atoms with Gasteiger partial charge in [0.1, 0.15) is 0 Å². The summed E-state index contributed by atoms with van der Waals surface area (Å²) in [6.07, 6.45) is -0.0743. The van der Waals surface area contributed by atoms with Crippen LogP contribution >= 0.6 is 0 Å². The minimum Gasteiger partial charge on any atom is -1.00 e. The van der Waals surface area contributed by atoms with Crippen molar-refractivity contribution in [2.45, 2.75) is 12.8 Å². The van der Waals surface area contributed by atoms with Crippen LogP contribution in [-0.2, 0) is 4.79 Å². The topological polar surface area (TPSA) is 57.6 Å². The predicted octanol–water partition coefficient (Wildman–Crippen LogP) is -2.60. The van der Waals surface area contributed by atoms with Gasteiger partial charge in [0, 0.05) is 13.0 Å². The van der Waals surface area contributed by atoms with E-state index in [4.69, 9.17) is 5.11 Å². The number of imide groups is 1. The van der Waals surface area contributed by atoms with Gasteiger partial charge in [-0.05, 0) is 6.42 Å². The first-order valence-electron chi connectivity index (χ1n) is 2.75. The van der Waals surface area contributed by atoms with Crippen LogP contribution in [-0.4, -0.2) is 28.6 Å². The molecule has 2 amide bonds. The third-order valence-corrected chi connectivity index (χ3v) is 1.30. The van der Waals surface area contributed by atoms with Crippen molar-refractivity contribution in [3.05, 3.63) is 0 Å². The van der Waals surface area contributed by atoms with Crippen LogP contribution < -0.4 is 51.4 Å². The van der Waals surface area contributed by atoms with Crippen molar-refractivity contribution < 1.29 is 67.5 Å². The number of nitrogens with zero attached hydrogens (tertiary/aromatic N) is 1. The van der Waals surface area contributed by atoms with Crippen LogP contribution in [0.25, 0.3) is 0 Å². The van der Waals surface area contributed by atoms with Crippen molar-refractivity contribution in [3.8, 4) is 0 Å². The van der Waals surface area contributed by atoms with Crippen LogP contribution in [0.2, 0.25) is 0 Å². The fourth-order valence-corrected chi connectivity index (χ4v) is 0.850. The summed E-state index contributed by atoms with van der Waals surface area (Å²) in [5.74, 6) is -0.275. The largest absolute Gasteiger partial charge is 1.00 e. The normalized spacial score (nSPS) is 16.8. The molecule has 1 aliphatic rings. The quantitative estimate of drug-likeness (QED) is 0.405. The van der Waals surface area contributed by atoms with Crippen molar-refractivity contribution in [1.82, 2.24) is 4.90 Å². The van der Waals surface area contributed by atoms with Crippen molar-refractivity contribution >= 4 is 12.0 Å². The van der Waals surface area contributed by atoms with E-state index in [1.165, 1.54) is 0 Å². The Hall–Kier alpha value is 0.576. The maximum absolute atomic E-state index is 10.6. The first-order chi connectivity index (χ1) is 4.22. The van der Waals surface area contributed by atoms with Gasteiger partial charge in [-0.25, -0.2) is 9.69 Å². The van der Waals surface area contributed by atoms with E-state index in [9.17, 15) is 9.59 Å². The average molecular weight is 169 g/mol. The van der Waals surface area contributed by atoms with E-state index in [0.29, 0.717) is 19.4 Å². The Kier molecular flexibility index (Phi) is 4.71. The number of carbonyl (C=O) groups excluding carboxylic acids is 1. The van der Waals surface area contributed by atoms with Crippen LogP contribution in [0.1, 0.15) is 14.3 Å². The summed E-state index contributed by atoms with van der Waals surface area (Å²) in [5.41, 5.74) is 0. The molecule has 0 aromatic rings. The molecule has 10 heavy (non-hydrogen) atoms. The number of hydrogen-bond acceptors (Lipinski definition) is 2. The van der Waals surface area contributed by atoms with Crippen LogP contribution in [0.3, 0.4) is 0 Å². The third kappa shape index (κ3) is 2.32. The van der Waals surface area contributed by atoms with Crippen molar-refractivity contribution in [1.29, 1.82) is 0 Å². The second-order valence-electron chi connectivity index (χ2n) is 1.93. The van der Waals surface area contributed by atoms with Gasteiger partial charge in [-0.2, -0.15) is 0 Å². The number of hydrogen-bond donors (Lipinski definition) is 1. The molecule has 1 aliphatic heterocycles. The summed E-state index contributed by atoms with van der Waals surface area (Å²) in [7, 11) is 0. The Balaban J connectivity index is 0. The van der Waals surface area contributed by atoms with Crippen molar-refractivity contribution in [3.63, 3.8) is 0 Å². The molecule has 0 aromatic heterocycles. The van der Waals surface area contributed by atoms with Gasteiger partial charge < -0.3 is 6.53 Å². The Morgan fingerprint density at radius 3 is 2.50 bits per heavy atom. The molecule has 0 atom stereocenters. The molecular weight excluding hydrogens is 161 g/mol. The zero-order valence-corrected chi connectivity index (χ0v) is 8.96. The molecule has 1 N–H and O–H groups in total. The molecular formula is C5H8KNO3. The van der Waals surface area contributed by atoms with Crippen molar-refractivity contribution in [2.75, 3.05) is 6.54 Å². The maximum Gasteiger partial charge on any atom is 1.00 e. The molecule has 0 aromatic carbocycles. The molecule has 5 heteroatoms. The summed E-state index contributed by atoms with van der Waals surface area (Å²) >= 11 is 0. The Labute approximate surface area is 102 Å². The van der Waals surface area contributed by atoms with Crippen LogP contribution in [0.15, 0.2) is 0 Å². The molecule has 52 valence electrons. The molecule has 1 heterocycles. The van der Waals surface area contributed by atoms with E-state index in [-0.39, 0.29) is 58.7 Å². The van der Waals surface area contributed by atoms with Gasteiger partial charge in [0.25, 0.3) is 0 Å². The second kappa shape index (κ2) is 4.45. The zero-order valence-electron chi connectivity index (χ0n) is 6.83. The zero-order chi connectivity index (χ0) is 6.85. The number of likely N-dealkylation sites (tertiary alicyclic amines) is 1. The minimum atomic E-state index is -1.13. The fraction of sp³-hybridized carbons (Fsp3) is 0.600. The SMILES string of the molecule is O=C(O)N1CCCC1=O.[H-].[K+]. The number of amides is 2. The molecule has 0 unspecified atom stereocenters. The van der Waals surface area contributed by atoms with Crippen LogP contribution in [0.4, 0.5) is 4.79 Å². The monoisotopic (exact) mass is 169 g/mol. The number of rotatable bonds is 0. The fourth-order valence-electron chi connectivity index (χ4n) is 0.850. The number of carbonyl (C=O) groups is 2. The van der Waals surface area contributed by atoms with E-state index in [2.05, 4.69) is 0 Å². The summed E-state index contributed by atoms with van der Waals surface area (Å²) in [4.78, 5) is 21.5. The van der Waals surface area contributed by atoms with E-state index >= 15 is 0 Å². The van der Waals surface area contributed by atoms with Gasteiger partial charge in [-0.1, -0.05) is 0 Å². The Morgan fingerprint density at radius 1 is 1.70 bits per heavy atom. The minimum absolute atomic E-state index is 0. The third-order valence-electron chi connectivity index (χ3n) is 1.30. The van der Waals surface area contributed by atoms with Crippen LogP contribution in [0, 0.1) is 0 Å².